The summed E-state index contributed by atoms with van der Waals surface area (Å²) in [4.78, 5) is 1.65. The fourth-order valence-corrected chi connectivity index (χ4v) is 0.559. The zero-order valence-electron chi connectivity index (χ0n) is 4.79. The van der Waals surface area contributed by atoms with E-state index < -0.39 is 0 Å². The molecular formula is C5H8N2O-2. The molecule has 0 saturated carbocycles. The smallest absolute Gasteiger partial charge is 0.00517 e. The minimum Gasteiger partial charge on any atom is -0.862 e. The van der Waals surface area contributed by atoms with E-state index in [1.807, 2.05) is 0 Å². The third-order valence-corrected chi connectivity index (χ3v) is 1.14. The summed E-state index contributed by atoms with van der Waals surface area (Å²) in [6.45, 7) is 1.51. The van der Waals surface area contributed by atoms with Crippen LogP contribution in [0.4, 0.5) is 0 Å². The first-order valence-electron chi connectivity index (χ1n) is 2.55. The molecule has 0 N–H and O–H groups in total. The first kappa shape index (κ1) is 5.28. The first-order valence-corrected chi connectivity index (χ1v) is 2.55. The minimum absolute atomic E-state index is 0.0104. The van der Waals surface area contributed by atoms with Gasteiger partial charge in [0.05, 0.1) is 0 Å². The molecule has 3 nitrogen and oxygen atoms in total. The summed E-state index contributed by atoms with van der Waals surface area (Å²) in [5.74, 6) is 0.0104. The van der Waals surface area contributed by atoms with E-state index in [4.69, 9.17) is 0 Å². The molecule has 0 atom stereocenters. The van der Waals surface area contributed by atoms with E-state index in [0.717, 1.165) is 13.1 Å². The molecule has 0 aromatic heterocycles. The van der Waals surface area contributed by atoms with E-state index in [1.165, 1.54) is 6.20 Å². The van der Waals surface area contributed by atoms with Gasteiger partial charge in [0.25, 0.3) is 0 Å². The van der Waals surface area contributed by atoms with Gasteiger partial charge in [0, 0.05) is 13.6 Å². The van der Waals surface area contributed by atoms with E-state index in [-0.39, 0.29) is 5.88 Å². The van der Waals surface area contributed by atoms with Crippen molar-refractivity contribution in [3.8, 4) is 0 Å². The van der Waals surface area contributed by atoms with Crippen molar-refractivity contribution in [2.45, 2.75) is 0 Å². The van der Waals surface area contributed by atoms with Gasteiger partial charge in [0.1, 0.15) is 0 Å². The van der Waals surface area contributed by atoms with Gasteiger partial charge in [-0.05, 0) is 0 Å². The Hall–Kier alpha value is -0.860. The molecule has 3 heteroatoms. The summed E-state index contributed by atoms with van der Waals surface area (Å²) >= 11 is 0. The van der Waals surface area contributed by atoms with Crippen LogP contribution >= 0.6 is 0 Å². The molecule has 1 aliphatic rings. The Morgan fingerprint density at radius 2 is 2.62 bits per heavy atom. The number of nitrogens with zero attached hydrogens (tertiary/aromatic N) is 2. The lowest BCUT2D eigenvalue weighted by Gasteiger charge is -2.37. The van der Waals surface area contributed by atoms with Crippen molar-refractivity contribution in [2.24, 2.45) is 0 Å². The Bertz CT molecular complexity index is 111. The highest BCUT2D eigenvalue weighted by molar-refractivity contribution is 5.07. The Morgan fingerprint density at radius 1 is 1.88 bits per heavy atom. The predicted molar refractivity (Wildman–Crippen MR) is 28.9 cm³/mol. The molecular weight excluding hydrogens is 104 g/mol. The lowest BCUT2D eigenvalue weighted by Crippen LogP contribution is -2.31. The van der Waals surface area contributed by atoms with Gasteiger partial charge in [-0.3, -0.25) is 0 Å². The number of rotatable bonds is 0. The van der Waals surface area contributed by atoms with Gasteiger partial charge < -0.3 is 15.3 Å². The van der Waals surface area contributed by atoms with E-state index in [9.17, 15) is 5.11 Å². The van der Waals surface area contributed by atoms with Crippen LogP contribution in [-0.2, 0) is 0 Å². The fraction of sp³-hybridized carbons (Fsp3) is 0.600. The van der Waals surface area contributed by atoms with Crippen LogP contribution in [0, 0.1) is 0 Å². The zero-order valence-corrected chi connectivity index (χ0v) is 4.79. The molecule has 0 spiro atoms. The van der Waals surface area contributed by atoms with E-state index in [1.54, 1.807) is 11.9 Å². The number of hydrogen-bond donors (Lipinski definition) is 0. The third-order valence-electron chi connectivity index (χ3n) is 1.14. The quantitative estimate of drug-likeness (QED) is 0.422. The standard InChI is InChI=1S/C5H9N2O/c1-7-3-2-6-4-5(7)8/h4,8H,2-3H2,1H3/q-1/p-1. The monoisotopic (exact) mass is 112 g/mol. The second kappa shape index (κ2) is 1.94. The van der Waals surface area contributed by atoms with Gasteiger partial charge in [0.2, 0.25) is 0 Å². The molecule has 0 aromatic carbocycles. The van der Waals surface area contributed by atoms with E-state index >= 15 is 0 Å². The molecule has 0 bridgehead atoms. The van der Waals surface area contributed by atoms with Crippen LogP contribution in [0.25, 0.3) is 5.32 Å². The van der Waals surface area contributed by atoms with Crippen molar-refractivity contribution in [1.82, 2.24) is 4.90 Å². The predicted octanol–water partition coefficient (Wildman–Crippen LogP) is -0.535. The molecule has 0 saturated heterocycles. The van der Waals surface area contributed by atoms with Crippen LogP contribution < -0.4 is 5.11 Å². The summed E-state index contributed by atoms with van der Waals surface area (Å²) in [7, 11) is 1.77. The average molecular weight is 112 g/mol. The van der Waals surface area contributed by atoms with Gasteiger partial charge in [0.15, 0.2) is 0 Å². The summed E-state index contributed by atoms with van der Waals surface area (Å²) in [6.07, 6.45) is 1.36. The van der Waals surface area contributed by atoms with Crippen LogP contribution in [0.15, 0.2) is 12.1 Å². The maximum atomic E-state index is 10.6. The van der Waals surface area contributed by atoms with Crippen molar-refractivity contribution in [2.75, 3.05) is 20.1 Å². The maximum Gasteiger partial charge on any atom is 0.00517 e. The molecule has 0 unspecified atom stereocenters. The SMILES string of the molecule is CN1CC[N-]C=C1[O-]. The van der Waals surface area contributed by atoms with Crippen molar-refractivity contribution in [3.63, 3.8) is 0 Å². The molecule has 1 rings (SSSR count). The Kier molecular flexibility index (Phi) is 1.28. The van der Waals surface area contributed by atoms with Gasteiger partial charge in [-0.25, -0.2) is 0 Å². The van der Waals surface area contributed by atoms with Gasteiger partial charge in [-0.2, -0.15) is 6.20 Å². The summed E-state index contributed by atoms with van der Waals surface area (Å²) in [6, 6.07) is 0. The third kappa shape index (κ3) is 0.857. The van der Waals surface area contributed by atoms with Gasteiger partial charge >= 0.3 is 0 Å². The highest BCUT2D eigenvalue weighted by atomic mass is 16.3. The highest BCUT2D eigenvalue weighted by Gasteiger charge is 1.89. The minimum atomic E-state index is 0.0104. The molecule has 0 aliphatic carbocycles. The maximum absolute atomic E-state index is 10.6. The van der Waals surface area contributed by atoms with Crippen LogP contribution in [0.1, 0.15) is 0 Å². The number of likely N-dealkylation sites (N-methyl/N-ethyl adjacent to an activating group) is 1. The van der Waals surface area contributed by atoms with Crippen LogP contribution in [0.5, 0.6) is 0 Å². The fourth-order valence-electron chi connectivity index (χ4n) is 0.559. The molecule has 0 radical (unpaired) electrons. The highest BCUT2D eigenvalue weighted by Crippen LogP contribution is 2.03. The molecule has 1 aliphatic heterocycles. The topological polar surface area (TPSA) is 40.4 Å². The number of hydrogen-bond acceptors (Lipinski definition) is 2. The summed E-state index contributed by atoms with van der Waals surface area (Å²) < 4.78 is 0. The molecule has 1 heterocycles. The van der Waals surface area contributed by atoms with Crippen molar-refractivity contribution in [1.29, 1.82) is 0 Å². The lowest BCUT2D eigenvalue weighted by molar-refractivity contribution is -0.331. The lowest BCUT2D eigenvalue weighted by atomic mass is 10.5. The van der Waals surface area contributed by atoms with Crippen molar-refractivity contribution >= 4 is 0 Å². The van der Waals surface area contributed by atoms with Crippen molar-refractivity contribution in [3.05, 3.63) is 17.4 Å². The summed E-state index contributed by atoms with van der Waals surface area (Å²) in [5.41, 5.74) is 0. The van der Waals surface area contributed by atoms with Crippen LogP contribution in [0.3, 0.4) is 0 Å². The normalized spacial score (nSPS) is 19.6. The Morgan fingerprint density at radius 3 is 3.00 bits per heavy atom. The zero-order chi connectivity index (χ0) is 5.98. The van der Waals surface area contributed by atoms with Gasteiger partial charge in [-0.15, -0.1) is 6.54 Å². The summed E-state index contributed by atoms with van der Waals surface area (Å²) in [5, 5.41) is 14.4. The average Bonchev–Trinajstić information content (AvgIpc) is 1.77. The van der Waals surface area contributed by atoms with E-state index in [0.29, 0.717) is 0 Å². The first-order chi connectivity index (χ1) is 3.80. The molecule has 0 aromatic rings. The molecule has 0 fully saturated rings. The molecule has 46 valence electrons. The van der Waals surface area contributed by atoms with Gasteiger partial charge in [-0.1, -0.05) is 5.88 Å². The second-order valence-electron chi connectivity index (χ2n) is 1.80. The molecule has 0 amide bonds. The Balaban J connectivity index is 2.53. The molecule has 8 heavy (non-hydrogen) atoms. The van der Waals surface area contributed by atoms with Crippen LogP contribution in [-0.4, -0.2) is 25.0 Å². The second-order valence-corrected chi connectivity index (χ2v) is 1.80. The van der Waals surface area contributed by atoms with E-state index in [2.05, 4.69) is 5.32 Å². The Labute approximate surface area is 48.6 Å². The van der Waals surface area contributed by atoms with Crippen LogP contribution in [0.2, 0.25) is 0 Å². The largest absolute Gasteiger partial charge is 0.862 e. The van der Waals surface area contributed by atoms with Crippen molar-refractivity contribution < 1.29 is 5.11 Å².